The number of hydrogen-bond donors (Lipinski definition) is 0. The van der Waals surface area contributed by atoms with Gasteiger partial charge < -0.3 is 9.30 Å². The second kappa shape index (κ2) is 13.7. The van der Waals surface area contributed by atoms with Gasteiger partial charge in [-0.05, 0) is 90.3 Å². The zero-order valence-corrected chi connectivity index (χ0v) is 33.9. The number of nitrogens with zero attached hydrogens (tertiary/aromatic N) is 1. The second-order valence-corrected chi connectivity index (χ2v) is 20.4. The van der Waals surface area contributed by atoms with E-state index in [0.29, 0.717) is 0 Å². The van der Waals surface area contributed by atoms with Crippen LogP contribution in [0, 0.1) is 0 Å². The molecular weight excluding hydrogens is 750 g/mol. The van der Waals surface area contributed by atoms with Gasteiger partial charge in [0.2, 0.25) is 0 Å². The molecule has 0 bridgehead atoms. The first-order valence-electron chi connectivity index (χ1n) is 20.3. The predicted octanol–water partition coefficient (Wildman–Crippen LogP) is 9.81. The number of para-hydroxylation sites is 2. The number of ether oxygens (including phenoxy) is 1. The first-order valence-corrected chi connectivity index (χ1v) is 23.2. The Hall–Kier alpha value is -6.79. The molecule has 2 aliphatic heterocycles. The highest BCUT2D eigenvalue weighted by Crippen LogP contribution is 2.45. The maximum absolute atomic E-state index is 7.23. The summed E-state index contributed by atoms with van der Waals surface area (Å²) in [7, 11) is -2.85. The third kappa shape index (κ3) is 5.22. The third-order valence-electron chi connectivity index (χ3n) is 12.4. The molecule has 12 rings (SSSR count). The molecular formula is C54H36BNOSSi. The largest absolute Gasteiger partial charge is 0.458 e. The first kappa shape index (κ1) is 34.3. The van der Waals surface area contributed by atoms with E-state index in [2.05, 4.69) is 223 Å². The highest BCUT2D eigenvalue weighted by atomic mass is 32.2. The van der Waals surface area contributed by atoms with Gasteiger partial charge >= 0.3 is 0 Å². The fourth-order valence-corrected chi connectivity index (χ4v) is 16.3. The fraction of sp³-hybridized carbons (Fsp3) is 0. The molecule has 0 saturated heterocycles. The summed E-state index contributed by atoms with van der Waals surface area (Å²) in [5.74, 6) is 1.94. The van der Waals surface area contributed by atoms with Gasteiger partial charge in [-0.2, -0.15) is 11.6 Å². The van der Waals surface area contributed by atoms with Crippen LogP contribution in [0.15, 0.2) is 223 Å². The number of rotatable bonds is 6. The summed E-state index contributed by atoms with van der Waals surface area (Å²) < 4.78 is 9.61. The van der Waals surface area contributed by atoms with Gasteiger partial charge in [-0.25, -0.2) is 0 Å². The second-order valence-electron chi connectivity index (χ2n) is 15.5. The molecule has 5 heteroatoms. The zero-order valence-electron chi connectivity index (χ0n) is 32.1. The van der Waals surface area contributed by atoms with Crippen LogP contribution < -0.4 is 36.4 Å². The number of benzene rings is 9. The summed E-state index contributed by atoms with van der Waals surface area (Å²) in [4.78, 5) is 1.29. The Bertz CT molecular complexity index is 3090. The van der Waals surface area contributed by atoms with Crippen molar-refractivity contribution in [1.82, 2.24) is 4.57 Å². The monoisotopic (exact) mass is 785 g/mol. The Balaban J connectivity index is 1.09. The van der Waals surface area contributed by atoms with Gasteiger partial charge in [0.1, 0.15) is 11.5 Å². The highest BCUT2D eigenvalue weighted by Gasteiger charge is 2.44. The lowest BCUT2D eigenvalue weighted by molar-refractivity contribution is 0.488. The van der Waals surface area contributed by atoms with Gasteiger partial charge in [0.15, 0.2) is 8.07 Å². The van der Waals surface area contributed by atoms with Gasteiger partial charge in [0, 0.05) is 27.4 Å². The van der Waals surface area contributed by atoms with Crippen LogP contribution in [0.5, 0.6) is 11.5 Å². The molecule has 59 heavy (non-hydrogen) atoms. The van der Waals surface area contributed by atoms with Crippen LogP contribution >= 0.6 is 11.6 Å². The molecule has 10 aromatic rings. The Morgan fingerprint density at radius 2 is 0.983 bits per heavy atom. The summed E-state index contributed by atoms with van der Waals surface area (Å²) in [6.45, 7) is 0. The van der Waals surface area contributed by atoms with Crippen molar-refractivity contribution in [2.45, 2.75) is 4.90 Å². The molecule has 3 heterocycles. The summed E-state index contributed by atoms with van der Waals surface area (Å²) in [6.07, 6.45) is 0. The lowest BCUT2D eigenvalue weighted by Gasteiger charge is -2.36. The Morgan fingerprint density at radius 3 is 1.63 bits per heavy atom. The van der Waals surface area contributed by atoms with Crippen molar-refractivity contribution >= 4 is 79.2 Å². The van der Waals surface area contributed by atoms with Crippen molar-refractivity contribution in [3.63, 3.8) is 0 Å². The van der Waals surface area contributed by atoms with Gasteiger partial charge in [-0.1, -0.05) is 176 Å². The minimum Gasteiger partial charge on any atom is -0.458 e. The van der Waals surface area contributed by atoms with Crippen LogP contribution in [-0.2, 0) is 0 Å². The van der Waals surface area contributed by atoms with Gasteiger partial charge in [0.05, 0.1) is 11.0 Å². The van der Waals surface area contributed by atoms with Crippen LogP contribution in [-0.4, -0.2) is 18.6 Å². The van der Waals surface area contributed by atoms with E-state index in [9.17, 15) is 0 Å². The lowest BCUT2D eigenvalue weighted by atomic mass is 9.57. The topological polar surface area (TPSA) is 14.2 Å². The molecule has 0 atom stereocenters. The van der Waals surface area contributed by atoms with Crippen molar-refractivity contribution in [2.24, 2.45) is 0 Å². The molecule has 0 aliphatic carbocycles. The van der Waals surface area contributed by atoms with Crippen molar-refractivity contribution in [2.75, 3.05) is 0 Å². The number of fused-ring (bicyclic) bond motifs is 7. The molecule has 2 aliphatic rings. The molecule has 0 fully saturated rings. The zero-order chi connectivity index (χ0) is 38.9. The van der Waals surface area contributed by atoms with Crippen LogP contribution in [0.3, 0.4) is 0 Å². The molecule has 0 amide bonds. The minimum absolute atomic E-state index is 0.0987. The molecule has 1 aromatic heterocycles. The van der Waals surface area contributed by atoms with E-state index in [4.69, 9.17) is 4.74 Å². The molecule has 9 aromatic carbocycles. The average molecular weight is 786 g/mol. The average Bonchev–Trinajstić information content (AvgIpc) is 3.65. The van der Waals surface area contributed by atoms with E-state index < -0.39 is 8.07 Å². The van der Waals surface area contributed by atoms with Gasteiger partial charge in [-0.3, -0.25) is 0 Å². The summed E-state index contributed by atoms with van der Waals surface area (Å²) in [5.41, 5.74) is 10.8. The quantitative estimate of drug-likeness (QED) is 0.123. The van der Waals surface area contributed by atoms with Gasteiger partial charge in [-0.15, -0.1) is 0 Å². The molecule has 0 saturated carbocycles. The van der Waals surface area contributed by atoms with E-state index >= 15 is 0 Å². The fourth-order valence-electron chi connectivity index (χ4n) is 9.94. The summed E-state index contributed by atoms with van der Waals surface area (Å²) in [5, 5.41) is 7.92. The predicted molar refractivity (Wildman–Crippen MR) is 253 cm³/mol. The minimum atomic E-state index is -2.85. The highest BCUT2D eigenvalue weighted by molar-refractivity contribution is 8.28. The van der Waals surface area contributed by atoms with Gasteiger partial charge in [0.25, 0.3) is 5.99 Å². The van der Waals surface area contributed by atoms with Crippen LogP contribution in [0.2, 0.25) is 0 Å². The third-order valence-corrected chi connectivity index (χ3v) is 18.6. The lowest BCUT2D eigenvalue weighted by Crippen LogP contribution is -2.75. The summed E-state index contributed by atoms with van der Waals surface area (Å²) >= 11 is 1.94. The van der Waals surface area contributed by atoms with E-state index in [-0.39, 0.29) is 5.99 Å². The smallest absolute Gasteiger partial charge is 0.289 e. The van der Waals surface area contributed by atoms with Crippen LogP contribution in [0.25, 0.3) is 49.7 Å². The maximum Gasteiger partial charge on any atom is 0.289 e. The Labute approximate surface area is 349 Å². The molecule has 276 valence electrons. The van der Waals surface area contributed by atoms with E-state index in [1.807, 2.05) is 11.6 Å². The normalized spacial score (nSPS) is 12.8. The standard InChI is InChI=1S/C54H36BNOSSi/c1-4-18-39(19-5-1)59(40-20-6-2-7-21-40,41-22-8-3-9-23-41)53-31-17-13-24-42(53)37-34-46-45-27-12-16-30-52(45)58-55-47-33-32-38(36-50(47)57-51(35-37)54(46)55)56-48-28-14-10-25-43(48)44-26-11-15-29-49(44)56/h1-36H. The van der Waals surface area contributed by atoms with Crippen molar-refractivity contribution in [3.05, 3.63) is 218 Å². The van der Waals surface area contributed by atoms with E-state index in [1.54, 1.807) is 0 Å². The number of hydrogen-bond acceptors (Lipinski definition) is 2. The summed E-state index contributed by atoms with van der Waals surface area (Å²) in [6, 6.07) is 80.7. The molecule has 0 unspecified atom stereocenters. The Kier molecular flexibility index (Phi) is 7.94. The first-order chi connectivity index (χ1) is 29.3. The maximum atomic E-state index is 7.23. The number of aromatic nitrogens is 1. The SMILES string of the molecule is c1ccc([Si](c2ccccc2)(c2ccccc2)c2ccccc2-c2cc3c4c(c2)-c2ccccc2SB4c2ccc(-n4c5ccccc5c5ccccc54)cc2O3)cc1. The van der Waals surface area contributed by atoms with E-state index in [1.165, 1.54) is 75.1 Å². The Morgan fingerprint density at radius 1 is 0.441 bits per heavy atom. The molecule has 0 N–H and O–H groups in total. The van der Waals surface area contributed by atoms with E-state index in [0.717, 1.165) is 22.7 Å². The molecule has 0 spiro atoms. The van der Waals surface area contributed by atoms with Crippen molar-refractivity contribution < 1.29 is 4.74 Å². The van der Waals surface area contributed by atoms with Crippen LogP contribution in [0.4, 0.5) is 0 Å². The van der Waals surface area contributed by atoms with Crippen molar-refractivity contribution in [1.29, 1.82) is 0 Å². The molecule has 2 nitrogen and oxygen atoms in total. The van der Waals surface area contributed by atoms with Crippen LogP contribution in [0.1, 0.15) is 0 Å². The van der Waals surface area contributed by atoms with Crippen molar-refractivity contribution in [3.8, 4) is 39.4 Å². The molecule has 0 radical (unpaired) electrons.